The summed E-state index contributed by atoms with van der Waals surface area (Å²) in [5, 5.41) is 0. The summed E-state index contributed by atoms with van der Waals surface area (Å²) in [6.45, 7) is 13.6. The first kappa shape index (κ1) is 19.9. The number of imide groups is 1. The van der Waals surface area contributed by atoms with Gasteiger partial charge in [-0.2, -0.15) is 0 Å². The fraction of sp³-hybridized carbons (Fsp3) is 0.750. The van der Waals surface area contributed by atoms with E-state index in [1.807, 2.05) is 19.9 Å². The van der Waals surface area contributed by atoms with Crippen LogP contribution < -0.4 is 0 Å². The molecule has 1 heterocycles. The maximum absolute atomic E-state index is 12.3. The van der Waals surface area contributed by atoms with Crippen LogP contribution in [0.5, 0.6) is 0 Å². The zero-order valence-electron chi connectivity index (χ0n) is 15.4. The van der Waals surface area contributed by atoms with Crippen LogP contribution in [-0.4, -0.2) is 56.2 Å². The molecule has 0 saturated carbocycles. The Bertz CT molecular complexity index is 491. The minimum absolute atomic E-state index is 0.381. The zero-order valence-corrected chi connectivity index (χ0v) is 16.4. The first-order chi connectivity index (χ1) is 10.4. The van der Waals surface area contributed by atoms with E-state index in [0.717, 1.165) is 10.5 Å². The van der Waals surface area contributed by atoms with Gasteiger partial charge in [0.15, 0.2) is 11.9 Å². The molecule has 1 fully saturated rings. The van der Waals surface area contributed by atoms with Gasteiger partial charge in [0, 0.05) is 7.11 Å². The molecule has 0 unspecified atom stereocenters. The molecule has 23 heavy (non-hydrogen) atoms. The second kappa shape index (κ2) is 7.15. The minimum Gasteiger partial charge on any atom is -0.453 e. The monoisotopic (exact) mass is 343 g/mol. The number of carbonyl (C=O) groups excluding carboxylic acids is 2. The summed E-state index contributed by atoms with van der Waals surface area (Å²) in [7, 11) is -0.0263. The lowest BCUT2D eigenvalue weighted by Crippen LogP contribution is -2.68. The maximum atomic E-state index is 12.3. The summed E-state index contributed by atoms with van der Waals surface area (Å²) >= 11 is 0. The van der Waals surface area contributed by atoms with Crippen LogP contribution in [0.25, 0.3) is 0 Å². The number of ether oxygens (including phenoxy) is 3. The van der Waals surface area contributed by atoms with Crippen LogP contribution in [0, 0.1) is 0 Å². The van der Waals surface area contributed by atoms with E-state index in [2.05, 4.69) is 19.6 Å². The van der Waals surface area contributed by atoms with Crippen molar-refractivity contribution in [3.8, 4) is 0 Å². The van der Waals surface area contributed by atoms with Crippen molar-refractivity contribution in [3.63, 3.8) is 0 Å². The highest BCUT2D eigenvalue weighted by Crippen LogP contribution is 2.30. The maximum Gasteiger partial charge on any atom is 0.416 e. The summed E-state index contributed by atoms with van der Waals surface area (Å²) in [5.74, 6) is -1.29. The topological polar surface area (TPSA) is 65.1 Å². The molecule has 0 N–H and O–H groups in total. The SMILES string of the molecule is COC(C)(C)O[C@H]1C(=O)N(C(=O)OC[Si](C)(C)C)[C@H]1C=C(C)C. The molecule has 1 aliphatic heterocycles. The van der Waals surface area contributed by atoms with Crippen LogP contribution in [0.3, 0.4) is 0 Å². The summed E-state index contributed by atoms with van der Waals surface area (Å²) < 4.78 is 16.2. The highest BCUT2D eigenvalue weighted by Gasteiger charge is 2.53. The van der Waals surface area contributed by atoms with E-state index in [1.165, 1.54) is 7.11 Å². The van der Waals surface area contributed by atoms with Crippen molar-refractivity contribution in [3.05, 3.63) is 11.6 Å². The number of hydrogen-bond donors (Lipinski definition) is 0. The summed E-state index contributed by atoms with van der Waals surface area (Å²) in [6, 6.07) is -0.462. The minimum atomic E-state index is -1.54. The Morgan fingerprint density at radius 2 is 1.87 bits per heavy atom. The van der Waals surface area contributed by atoms with E-state index in [1.54, 1.807) is 13.8 Å². The predicted molar refractivity (Wildman–Crippen MR) is 90.7 cm³/mol. The Hall–Kier alpha value is -1.18. The molecule has 1 aliphatic rings. The third-order valence-corrected chi connectivity index (χ3v) is 4.33. The van der Waals surface area contributed by atoms with Crippen molar-refractivity contribution in [1.29, 1.82) is 0 Å². The zero-order chi connectivity index (χ0) is 18.0. The van der Waals surface area contributed by atoms with E-state index in [-0.39, 0.29) is 0 Å². The summed E-state index contributed by atoms with van der Waals surface area (Å²) in [5.41, 5.74) is 0.995. The van der Waals surface area contributed by atoms with Gasteiger partial charge < -0.3 is 14.2 Å². The van der Waals surface area contributed by atoms with Gasteiger partial charge in [0.2, 0.25) is 0 Å². The lowest BCUT2D eigenvalue weighted by Gasteiger charge is -2.45. The van der Waals surface area contributed by atoms with Crippen molar-refractivity contribution < 1.29 is 23.8 Å². The molecule has 0 aliphatic carbocycles. The number of methoxy groups -OCH3 is 1. The smallest absolute Gasteiger partial charge is 0.416 e. The van der Waals surface area contributed by atoms with Gasteiger partial charge in [-0.3, -0.25) is 4.79 Å². The average molecular weight is 343 g/mol. The van der Waals surface area contributed by atoms with Crippen molar-refractivity contribution in [2.24, 2.45) is 0 Å². The second-order valence-corrected chi connectivity index (χ2v) is 13.1. The fourth-order valence-electron chi connectivity index (χ4n) is 2.02. The van der Waals surface area contributed by atoms with Gasteiger partial charge in [-0.15, -0.1) is 0 Å². The molecule has 0 radical (unpaired) electrons. The van der Waals surface area contributed by atoms with Gasteiger partial charge in [0.1, 0.15) is 0 Å². The van der Waals surface area contributed by atoms with Gasteiger partial charge in [-0.1, -0.05) is 31.3 Å². The molecule has 0 aromatic heterocycles. The number of hydrogen-bond acceptors (Lipinski definition) is 5. The molecule has 0 spiro atoms. The third-order valence-electron chi connectivity index (χ3n) is 3.32. The highest BCUT2D eigenvalue weighted by atomic mass is 28.3. The lowest BCUT2D eigenvalue weighted by atomic mass is 9.96. The Labute approximate surface area is 139 Å². The van der Waals surface area contributed by atoms with Crippen LogP contribution >= 0.6 is 0 Å². The van der Waals surface area contributed by atoms with E-state index in [4.69, 9.17) is 14.2 Å². The number of carbonyl (C=O) groups is 2. The molecule has 6 nitrogen and oxygen atoms in total. The van der Waals surface area contributed by atoms with Gasteiger partial charge in [-0.05, 0) is 27.7 Å². The average Bonchev–Trinajstić information content (AvgIpc) is 2.41. The van der Waals surface area contributed by atoms with Gasteiger partial charge in [0.25, 0.3) is 5.91 Å². The standard InChI is InChI=1S/C16H29NO5Si/c1-11(2)9-12-13(22-16(3,4)20-5)14(18)17(12)15(19)21-10-23(6,7)8/h9,12-13H,10H2,1-8H3/t12-,13+/m0/s1. The van der Waals surface area contributed by atoms with Crippen LogP contribution in [-0.2, 0) is 19.0 Å². The van der Waals surface area contributed by atoms with E-state index >= 15 is 0 Å². The van der Waals surface area contributed by atoms with Crippen LogP contribution in [0.1, 0.15) is 27.7 Å². The number of β-lactam (4-membered cyclic amide) rings is 1. The Morgan fingerprint density at radius 3 is 2.30 bits per heavy atom. The van der Waals surface area contributed by atoms with E-state index in [9.17, 15) is 9.59 Å². The molecular weight excluding hydrogens is 314 g/mol. The molecule has 0 bridgehead atoms. The molecule has 2 atom stereocenters. The molecule has 1 saturated heterocycles. The Kier molecular flexibility index (Phi) is 6.17. The van der Waals surface area contributed by atoms with Gasteiger partial charge in [0.05, 0.1) is 20.3 Å². The van der Waals surface area contributed by atoms with Crippen LogP contribution in [0.4, 0.5) is 4.79 Å². The first-order valence-electron chi connectivity index (χ1n) is 7.76. The highest BCUT2D eigenvalue weighted by molar-refractivity contribution is 6.76. The number of likely N-dealkylation sites (tertiary alicyclic amines) is 1. The Balaban J connectivity index is 2.86. The quantitative estimate of drug-likeness (QED) is 0.321. The molecule has 0 aromatic rings. The summed E-state index contributed by atoms with van der Waals surface area (Å²) in [6.07, 6.45) is 0.883. The Morgan fingerprint density at radius 1 is 1.30 bits per heavy atom. The van der Waals surface area contributed by atoms with E-state index in [0.29, 0.717) is 6.23 Å². The molecule has 132 valence electrons. The predicted octanol–water partition coefficient (Wildman–Crippen LogP) is 2.95. The number of rotatable bonds is 6. The largest absolute Gasteiger partial charge is 0.453 e. The number of amides is 2. The fourth-order valence-corrected chi connectivity index (χ4v) is 2.58. The normalized spacial score (nSPS) is 21.7. The van der Waals surface area contributed by atoms with Crippen molar-refractivity contribution in [1.82, 2.24) is 4.90 Å². The van der Waals surface area contributed by atoms with Crippen molar-refractivity contribution in [2.45, 2.75) is 65.3 Å². The van der Waals surface area contributed by atoms with E-state index < -0.39 is 38.0 Å². The number of allylic oxidation sites excluding steroid dienone is 1. The number of nitrogens with zero attached hydrogens (tertiary/aromatic N) is 1. The van der Waals surface area contributed by atoms with Gasteiger partial charge in [-0.25, -0.2) is 9.69 Å². The third kappa shape index (κ3) is 5.44. The molecule has 7 heteroatoms. The molecule has 1 rings (SSSR count). The molecule has 2 amide bonds. The first-order valence-corrected chi connectivity index (χ1v) is 11.5. The molecular formula is C16H29NO5Si. The second-order valence-electron chi connectivity index (χ2n) is 7.70. The van der Waals surface area contributed by atoms with Crippen LogP contribution in [0.15, 0.2) is 11.6 Å². The molecule has 0 aromatic carbocycles. The summed E-state index contributed by atoms with van der Waals surface area (Å²) in [4.78, 5) is 25.7. The lowest BCUT2D eigenvalue weighted by molar-refractivity contribution is -0.246. The van der Waals surface area contributed by atoms with Crippen molar-refractivity contribution in [2.75, 3.05) is 13.3 Å². The van der Waals surface area contributed by atoms with Crippen LogP contribution in [0.2, 0.25) is 19.6 Å². The van der Waals surface area contributed by atoms with Gasteiger partial charge >= 0.3 is 6.09 Å². The van der Waals surface area contributed by atoms with Crippen molar-refractivity contribution >= 4 is 20.1 Å².